The minimum absolute atomic E-state index is 0.0804. The number of nitrogens with one attached hydrogen (secondary N) is 1. The second-order valence-corrected chi connectivity index (χ2v) is 4.02. The van der Waals surface area contributed by atoms with Crippen molar-refractivity contribution in [3.8, 4) is 5.75 Å². The van der Waals surface area contributed by atoms with Gasteiger partial charge in [-0.25, -0.2) is 0 Å². The van der Waals surface area contributed by atoms with E-state index in [0.717, 1.165) is 5.56 Å². The molecule has 0 bridgehead atoms. The van der Waals surface area contributed by atoms with Gasteiger partial charge in [0.1, 0.15) is 0 Å². The Morgan fingerprint density at radius 1 is 1.63 bits per heavy atom. The van der Waals surface area contributed by atoms with Crippen LogP contribution >= 0.6 is 0 Å². The fourth-order valence-electron chi connectivity index (χ4n) is 1.43. The molecule has 6 heteroatoms. The van der Waals surface area contributed by atoms with Crippen LogP contribution in [0.3, 0.4) is 0 Å². The summed E-state index contributed by atoms with van der Waals surface area (Å²) in [6.07, 6.45) is 0.722. The zero-order valence-corrected chi connectivity index (χ0v) is 10.9. The van der Waals surface area contributed by atoms with Crippen LogP contribution < -0.4 is 10.1 Å². The van der Waals surface area contributed by atoms with E-state index in [9.17, 15) is 14.9 Å². The van der Waals surface area contributed by atoms with Gasteiger partial charge in [-0.1, -0.05) is 12.1 Å². The molecule has 0 aliphatic heterocycles. The van der Waals surface area contributed by atoms with Crippen LogP contribution in [0.1, 0.15) is 12.5 Å². The molecule has 0 saturated carbocycles. The molecule has 0 aliphatic rings. The minimum atomic E-state index is -0.818. The number of nitro benzene ring substituents is 1. The van der Waals surface area contributed by atoms with Crippen LogP contribution in [-0.4, -0.2) is 23.5 Å². The van der Waals surface area contributed by atoms with E-state index < -0.39 is 11.0 Å². The molecule has 6 nitrogen and oxygen atoms in total. The molecule has 0 spiro atoms. The van der Waals surface area contributed by atoms with Gasteiger partial charge in [0.15, 0.2) is 11.9 Å². The number of amides is 1. The van der Waals surface area contributed by atoms with Crippen LogP contribution in [0, 0.1) is 17.0 Å². The van der Waals surface area contributed by atoms with Crippen LogP contribution in [0.4, 0.5) is 5.69 Å². The summed E-state index contributed by atoms with van der Waals surface area (Å²) in [5, 5.41) is 13.5. The predicted molar refractivity (Wildman–Crippen MR) is 71.1 cm³/mol. The molecule has 0 radical (unpaired) electrons. The Kier molecular flexibility index (Phi) is 5.05. The molecule has 1 atom stereocenters. The molecule has 0 unspecified atom stereocenters. The molecule has 1 N–H and O–H groups in total. The standard InChI is InChI=1S/C13H16N2O4/c1-4-7-14-13(16)10(3)19-12-6-5-9(2)8-11(12)15(17)18/h4-6,8,10H,1,7H2,2-3H3,(H,14,16)/t10-/m0/s1. The summed E-state index contributed by atoms with van der Waals surface area (Å²) >= 11 is 0. The van der Waals surface area contributed by atoms with E-state index in [4.69, 9.17) is 4.74 Å². The van der Waals surface area contributed by atoms with Crippen molar-refractivity contribution in [3.05, 3.63) is 46.5 Å². The molecule has 1 aromatic rings. The Hall–Kier alpha value is -2.37. The highest BCUT2D eigenvalue weighted by Gasteiger charge is 2.20. The highest BCUT2D eigenvalue weighted by molar-refractivity contribution is 5.81. The van der Waals surface area contributed by atoms with Crippen molar-refractivity contribution in [2.45, 2.75) is 20.0 Å². The Balaban J connectivity index is 2.84. The van der Waals surface area contributed by atoms with Gasteiger partial charge in [0.05, 0.1) is 4.92 Å². The maximum atomic E-state index is 11.6. The Morgan fingerprint density at radius 3 is 2.89 bits per heavy atom. The molecule has 0 fully saturated rings. The second kappa shape index (κ2) is 6.53. The van der Waals surface area contributed by atoms with Gasteiger partial charge in [0, 0.05) is 12.6 Å². The molecule has 1 aromatic carbocycles. The van der Waals surface area contributed by atoms with Gasteiger partial charge >= 0.3 is 5.69 Å². The van der Waals surface area contributed by atoms with Gasteiger partial charge in [0.25, 0.3) is 5.91 Å². The van der Waals surface area contributed by atoms with Gasteiger partial charge in [-0.2, -0.15) is 0 Å². The lowest BCUT2D eigenvalue weighted by Gasteiger charge is -2.14. The van der Waals surface area contributed by atoms with Crippen LogP contribution in [0.2, 0.25) is 0 Å². The highest BCUT2D eigenvalue weighted by Crippen LogP contribution is 2.28. The van der Waals surface area contributed by atoms with Crippen LogP contribution in [-0.2, 0) is 4.79 Å². The summed E-state index contributed by atoms with van der Waals surface area (Å²) in [7, 11) is 0. The van der Waals surface area contributed by atoms with E-state index in [1.807, 2.05) is 0 Å². The maximum Gasteiger partial charge on any atom is 0.311 e. The Bertz CT molecular complexity index is 499. The van der Waals surface area contributed by atoms with Gasteiger partial charge in [-0.05, 0) is 25.5 Å². The molecular weight excluding hydrogens is 248 g/mol. The number of ether oxygens (including phenoxy) is 1. The maximum absolute atomic E-state index is 11.6. The third kappa shape index (κ3) is 4.09. The van der Waals surface area contributed by atoms with E-state index in [0.29, 0.717) is 6.54 Å². The van der Waals surface area contributed by atoms with Crippen molar-refractivity contribution in [2.24, 2.45) is 0 Å². The number of nitro groups is 1. The first-order valence-electron chi connectivity index (χ1n) is 5.76. The summed E-state index contributed by atoms with van der Waals surface area (Å²) in [4.78, 5) is 22.0. The molecule has 0 heterocycles. The van der Waals surface area contributed by atoms with Gasteiger partial charge < -0.3 is 10.1 Å². The summed E-state index contributed by atoms with van der Waals surface area (Å²) in [6, 6.07) is 4.59. The number of benzene rings is 1. The zero-order valence-electron chi connectivity index (χ0n) is 10.9. The lowest BCUT2D eigenvalue weighted by molar-refractivity contribution is -0.386. The largest absolute Gasteiger partial charge is 0.474 e. The van der Waals surface area contributed by atoms with Gasteiger partial charge in [-0.3, -0.25) is 14.9 Å². The molecule has 1 rings (SSSR count). The minimum Gasteiger partial charge on any atom is -0.474 e. The number of rotatable bonds is 6. The number of carbonyl (C=O) groups is 1. The quantitative estimate of drug-likeness (QED) is 0.484. The summed E-state index contributed by atoms with van der Waals surface area (Å²) in [5.74, 6) is -0.272. The van der Waals surface area contributed by atoms with E-state index in [-0.39, 0.29) is 17.3 Å². The zero-order chi connectivity index (χ0) is 14.4. The highest BCUT2D eigenvalue weighted by atomic mass is 16.6. The fourth-order valence-corrected chi connectivity index (χ4v) is 1.43. The summed E-state index contributed by atoms with van der Waals surface area (Å²) in [6.45, 7) is 7.08. The monoisotopic (exact) mass is 264 g/mol. The lowest BCUT2D eigenvalue weighted by Crippen LogP contribution is -2.36. The van der Waals surface area contributed by atoms with Crippen molar-refractivity contribution < 1.29 is 14.5 Å². The first-order chi connectivity index (χ1) is 8.95. The molecule has 0 aromatic heterocycles. The average molecular weight is 264 g/mol. The molecule has 0 saturated heterocycles. The lowest BCUT2D eigenvalue weighted by atomic mass is 10.2. The van der Waals surface area contributed by atoms with E-state index >= 15 is 0 Å². The first-order valence-corrected chi connectivity index (χ1v) is 5.76. The number of nitrogens with zero attached hydrogens (tertiary/aromatic N) is 1. The van der Waals surface area contributed by atoms with Gasteiger partial charge in [-0.15, -0.1) is 6.58 Å². The van der Waals surface area contributed by atoms with Crippen LogP contribution in [0.15, 0.2) is 30.9 Å². The van der Waals surface area contributed by atoms with E-state index in [2.05, 4.69) is 11.9 Å². The molecule has 19 heavy (non-hydrogen) atoms. The molecular formula is C13H16N2O4. The summed E-state index contributed by atoms with van der Waals surface area (Å²) in [5.41, 5.74) is 0.603. The number of carbonyl (C=O) groups excluding carboxylic acids is 1. The third-order valence-electron chi connectivity index (χ3n) is 2.40. The molecule has 102 valence electrons. The van der Waals surface area contributed by atoms with Crippen LogP contribution in [0.5, 0.6) is 5.75 Å². The van der Waals surface area contributed by atoms with Crippen LogP contribution in [0.25, 0.3) is 0 Å². The first kappa shape index (κ1) is 14.7. The van der Waals surface area contributed by atoms with E-state index in [1.165, 1.54) is 19.1 Å². The van der Waals surface area contributed by atoms with E-state index in [1.54, 1.807) is 19.1 Å². The van der Waals surface area contributed by atoms with Crippen molar-refractivity contribution in [1.82, 2.24) is 5.32 Å². The molecule has 1 amide bonds. The van der Waals surface area contributed by atoms with Crippen molar-refractivity contribution in [3.63, 3.8) is 0 Å². The predicted octanol–water partition coefficient (Wildman–Crippen LogP) is 1.97. The SMILES string of the molecule is C=CCNC(=O)[C@H](C)Oc1ccc(C)cc1[N+](=O)[O-]. The summed E-state index contributed by atoms with van der Waals surface area (Å²) < 4.78 is 5.33. The average Bonchev–Trinajstić information content (AvgIpc) is 2.37. The number of aryl methyl sites for hydroxylation is 1. The Morgan fingerprint density at radius 2 is 2.32 bits per heavy atom. The van der Waals surface area contributed by atoms with Crippen molar-refractivity contribution in [1.29, 1.82) is 0 Å². The second-order valence-electron chi connectivity index (χ2n) is 4.02. The van der Waals surface area contributed by atoms with Crippen molar-refractivity contribution in [2.75, 3.05) is 6.54 Å². The third-order valence-corrected chi connectivity index (χ3v) is 2.40. The van der Waals surface area contributed by atoms with Gasteiger partial charge in [0.2, 0.25) is 0 Å². The Labute approximate surface area is 111 Å². The molecule has 0 aliphatic carbocycles. The number of hydrogen-bond donors (Lipinski definition) is 1. The normalized spacial score (nSPS) is 11.5. The van der Waals surface area contributed by atoms with Crippen molar-refractivity contribution >= 4 is 11.6 Å². The number of hydrogen-bond acceptors (Lipinski definition) is 4. The fraction of sp³-hybridized carbons (Fsp3) is 0.308. The smallest absolute Gasteiger partial charge is 0.311 e. The topological polar surface area (TPSA) is 81.5 Å².